The summed E-state index contributed by atoms with van der Waals surface area (Å²) in [6.07, 6.45) is 0. The molecule has 2 aromatic carbocycles. The van der Waals surface area contributed by atoms with Crippen molar-refractivity contribution in [1.82, 2.24) is 0 Å². The van der Waals surface area contributed by atoms with Crippen molar-refractivity contribution >= 4 is 23.0 Å². The van der Waals surface area contributed by atoms with Crippen molar-refractivity contribution in [2.45, 2.75) is 6.61 Å². The van der Waals surface area contributed by atoms with Crippen molar-refractivity contribution in [2.24, 2.45) is 5.73 Å². The van der Waals surface area contributed by atoms with Crippen LogP contribution in [0, 0.1) is 0 Å². The molecular formula is C15H17N3O2. The van der Waals surface area contributed by atoms with Crippen molar-refractivity contribution < 1.29 is 9.53 Å². The van der Waals surface area contributed by atoms with Crippen molar-refractivity contribution in [3.63, 3.8) is 0 Å². The Morgan fingerprint density at radius 1 is 1.25 bits per heavy atom. The SMILES string of the molecule is COCc1cccc(Nc2cccc(C(N)=O)c2N)c1. The Bertz CT molecular complexity index is 626. The molecule has 0 atom stereocenters. The maximum atomic E-state index is 11.3. The van der Waals surface area contributed by atoms with Crippen LogP contribution in [-0.4, -0.2) is 13.0 Å². The average Bonchev–Trinajstić information content (AvgIpc) is 2.42. The standard InChI is InChI=1S/C15H17N3O2/c1-20-9-10-4-2-5-11(8-10)18-13-7-3-6-12(14(13)16)15(17)19/h2-8,18H,9,16H2,1H3,(H2,17,19). The quantitative estimate of drug-likeness (QED) is 0.727. The topological polar surface area (TPSA) is 90.4 Å². The average molecular weight is 271 g/mol. The number of nitrogen functional groups attached to an aromatic ring is 1. The number of rotatable bonds is 5. The van der Waals surface area contributed by atoms with Crippen LogP contribution in [0.1, 0.15) is 15.9 Å². The fraction of sp³-hybridized carbons (Fsp3) is 0.133. The van der Waals surface area contributed by atoms with E-state index in [0.717, 1.165) is 11.3 Å². The van der Waals surface area contributed by atoms with Crippen LogP contribution in [0.15, 0.2) is 42.5 Å². The lowest BCUT2D eigenvalue weighted by molar-refractivity contribution is 0.100. The van der Waals surface area contributed by atoms with Crippen LogP contribution in [-0.2, 0) is 11.3 Å². The van der Waals surface area contributed by atoms with Gasteiger partial charge in [0.25, 0.3) is 5.91 Å². The number of primary amides is 1. The Morgan fingerprint density at radius 2 is 2.00 bits per heavy atom. The van der Waals surface area contributed by atoms with Crippen LogP contribution in [0.2, 0.25) is 0 Å². The fourth-order valence-electron chi connectivity index (χ4n) is 1.95. The molecule has 0 aliphatic heterocycles. The van der Waals surface area contributed by atoms with Gasteiger partial charge in [0.05, 0.1) is 23.5 Å². The minimum Gasteiger partial charge on any atom is -0.396 e. The first kappa shape index (κ1) is 13.9. The molecule has 0 aliphatic rings. The molecule has 0 aromatic heterocycles. The van der Waals surface area contributed by atoms with Crippen LogP contribution in [0.25, 0.3) is 0 Å². The monoisotopic (exact) mass is 271 g/mol. The summed E-state index contributed by atoms with van der Waals surface area (Å²) in [5.74, 6) is -0.542. The molecule has 0 unspecified atom stereocenters. The van der Waals surface area contributed by atoms with Crippen LogP contribution in [0.3, 0.4) is 0 Å². The van der Waals surface area contributed by atoms with Gasteiger partial charge in [0.15, 0.2) is 0 Å². The highest BCUT2D eigenvalue weighted by Crippen LogP contribution is 2.26. The first-order valence-electron chi connectivity index (χ1n) is 6.15. The molecule has 20 heavy (non-hydrogen) atoms. The Hall–Kier alpha value is -2.53. The van der Waals surface area contributed by atoms with E-state index in [4.69, 9.17) is 16.2 Å². The van der Waals surface area contributed by atoms with Gasteiger partial charge in [-0.3, -0.25) is 4.79 Å². The summed E-state index contributed by atoms with van der Waals surface area (Å²) in [6, 6.07) is 12.9. The van der Waals surface area contributed by atoms with Gasteiger partial charge in [-0.2, -0.15) is 0 Å². The largest absolute Gasteiger partial charge is 0.396 e. The molecule has 2 aromatic rings. The minimum atomic E-state index is -0.542. The molecule has 5 nitrogen and oxygen atoms in total. The van der Waals surface area contributed by atoms with E-state index in [9.17, 15) is 4.79 Å². The van der Waals surface area contributed by atoms with Gasteiger partial charge < -0.3 is 21.5 Å². The second kappa shape index (κ2) is 6.08. The summed E-state index contributed by atoms with van der Waals surface area (Å²) in [4.78, 5) is 11.3. The van der Waals surface area contributed by atoms with Gasteiger partial charge in [0.1, 0.15) is 0 Å². The maximum absolute atomic E-state index is 11.3. The number of carbonyl (C=O) groups is 1. The summed E-state index contributed by atoms with van der Waals surface area (Å²) in [5, 5.41) is 3.18. The van der Waals surface area contributed by atoms with E-state index in [1.165, 1.54) is 0 Å². The smallest absolute Gasteiger partial charge is 0.250 e. The number of amides is 1. The molecule has 0 radical (unpaired) electrons. The summed E-state index contributed by atoms with van der Waals surface area (Å²) in [5.41, 5.74) is 14.4. The number of anilines is 3. The van der Waals surface area contributed by atoms with Crippen LogP contribution < -0.4 is 16.8 Å². The number of para-hydroxylation sites is 1. The van der Waals surface area contributed by atoms with Gasteiger partial charge in [-0.15, -0.1) is 0 Å². The molecule has 0 bridgehead atoms. The second-order valence-electron chi connectivity index (χ2n) is 4.39. The minimum absolute atomic E-state index is 0.308. The highest BCUT2D eigenvalue weighted by atomic mass is 16.5. The number of carbonyl (C=O) groups excluding carboxylic acids is 1. The number of hydrogen-bond donors (Lipinski definition) is 3. The van der Waals surface area contributed by atoms with Crippen molar-refractivity contribution in [3.8, 4) is 0 Å². The molecule has 5 N–H and O–H groups in total. The molecule has 0 spiro atoms. The van der Waals surface area contributed by atoms with Gasteiger partial charge in [-0.1, -0.05) is 18.2 Å². The molecule has 0 heterocycles. The Balaban J connectivity index is 2.28. The first-order chi connectivity index (χ1) is 9.61. The van der Waals surface area contributed by atoms with Gasteiger partial charge in [0, 0.05) is 12.8 Å². The lowest BCUT2D eigenvalue weighted by Gasteiger charge is -2.12. The number of methoxy groups -OCH3 is 1. The van der Waals surface area contributed by atoms with Crippen molar-refractivity contribution in [1.29, 1.82) is 0 Å². The van der Waals surface area contributed by atoms with E-state index < -0.39 is 5.91 Å². The van der Waals surface area contributed by atoms with Gasteiger partial charge in [-0.25, -0.2) is 0 Å². The van der Waals surface area contributed by atoms with Gasteiger partial charge in [0.2, 0.25) is 0 Å². The highest BCUT2D eigenvalue weighted by molar-refractivity contribution is 6.01. The molecule has 0 fully saturated rings. The van der Waals surface area contributed by atoms with Crippen molar-refractivity contribution in [3.05, 3.63) is 53.6 Å². The Morgan fingerprint density at radius 3 is 2.70 bits per heavy atom. The molecule has 2 rings (SSSR count). The van der Waals surface area contributed by atoms with Gasteiger partial charge in [-0.05, 0) is 29.8 Å². The third kappa shape index (κ3) is 3.07. The predicted molar refractivity (Wildman–Crippen MR) is 79.8 cm³/mol. The van der Waals surface area contributed by atoms with E-state index in [0.29, 0.717) is 23.5 Å². The van der Waals surface area contributed by atoms with Crippen LogP contribution in [0.4, 0.5) is 17.1 Å². The zero-order chi connectivity index (χ0) is 14.5. The van der Waals surface area contributed by atoms with Crippen LogP contribution >= 0.6 is 0 Å². The van der Waals surface area contributed by atoms with E-state index in [1.807, 2.05) is 24.3 Å². The highest BCUT2D eigenvalue weighted by Gasteiger charge is 2.09. The third-order valence-corrected chi connectivity index (χ3v) is 2.89. The predicted octanol–water partition coefficient (Wildman–Crippen LogP) is 2.26. The fourth-order valence-corrected chi connectivity index (χ4v) is 1.95. The number of nitrogens with one attached hydrogen (secondary N) is 1. The molecule has 0 aliphatic carbocycles. The molecule has 5 heteroatoms. The Kier molecular flexibility index (Phi) is 4.22. The number of benzene rings is 2. The summed E-state index contributed by atoms with van der Waals surface area (Å²) >= 11 is 0. The van der Waals surface area contributed by atoms with Crippen LogP contribution in [0.5, 0.6) is 0 Å². The number of nitrogens with two attached hydrogens (primary N) is 2. The maximum Gasteiger partial charge on any atom is 0.250 e. The summed E-state index contributed by atoms with van der Waals surface area (Å²) < 4.78 is 5.09. The van der Waals surface area contributed by atoms with Gasteiger partial charge >= 0.3 is 0 Å². The second-order valence-corrected chi connectivity index (χ2v) is 4.39. The number of hydrogen-bond acceptors (Lipinski definition) is 4. The molecule has 1 amide bonds. The lowest BCUT2D eigenvalue weighted by Crippen LogP contribution is -2.14. The zero-order valence-corrected chi connectivity index (χ0v) is 11.2. The normalized spacial score (nSPS) is 10.2. The summed E-state index contributed by atoms with van der Waals surface area (Å²) in [6.45, 7) is 0.534. The Labute approximate surface area is 117 Å². The molecular weight excluding hydrogens is 254 g/mol. The molecule has 0 saturated heterocycles. The summed E-state index contributed by atoms with van der Waals surface area (Å²) in [7, 11) is 1.65. The van der Waals surface area contributed by atoms with Crippen molar-refractivity contribution in [2.75, 3.05) is 18.2 Å². The van der Waals surface area contributed by atoms with E-state index in [2.05, 4.69) is 5.32 Å². The molecule has 104 valence electrons. The first-order valence-corrected chi connectivity index (χ1v) is 6.15. The van der Waals surface area contributed by atoms with E-state index in [1.54, 1.807) is 25.3 Å². The zero-order valence-electron chi connectivity index (χ0n) is 11.2. The lowest BCUT2D eigenvalue weighted by atomic mass is 10.1. The molecule has 0 saturated carbocycles. The van der Waals surface area contributed by atoms with E-state index >= 15 is 0 Å². The number of ether oxygens (including phenoxy) is 1. The van der Waals surface area contributed by atoms with E-state index in [-0.39, 0.29) is 0 Å². The third-order valence-electron chi connectivity index (χ3n) is 2.89.